The van der Waals surface area contributed by atoms with Crippen molar-refractivity contribution in [3.05, 3.63) is 33.9 Å². The molecule has 3 rings (SSSR count). The molecule has 0 saturated heterocycles. The zero-order valence-electron chi connectivity index (χ0n) is 13.3. The Balaban J connectivity index is 2.21. The highest BCUT2D eigenvalue weighted by Crippen LogP contribution is 2.47. The van der Waals surface area contributed by atoms with Gasteiger partial charge in [0.25, 0.3) is 5.69 Å². The second-order valence-corrected chi connectivity index (χ2v) is 5.57. The van der Waals surface area contributed by atoms with Gasteiger partial charge in [-0.05, 0) is 30.9 Å². The molecule has 1 aromatic carbocycles. The lowest BCUT2D eigenvalue weighted by molar-refractivity contribution is -0.384. The van der Waals surface area contributed by atoms with E-state index >= 15 is 0 Å². The second-order valence-electron chi connectivity index (χ2n) is 5.57. The summed E-state index contributed by atoms with van der Waals surface area (Å²) < 4.78 is 6.06. The molecular formula is C16H17N3O5. The van der Waals surface area contributed by atoms with Crippen LogP contribution in [0.15, 0.2) is 23.2 Å². The van der Waals surface area contributed by atoms with Gasteiger partial charge in [-0.3, -0.25) is 15.1 Å². The quantitative estimate of drug-likeness (QED) is 0.661. The highest BCUT2D eigenvalue weighted by Gasteiger charge is 2.30. The van der Waals surface area contributed by atoms with Crippen molar-refractivity contribution in [1.29, 1.82) is 0 Å². The van der Waals surface area contributed by atoms with E-state index < -0.39 is 4.92 Å². The molecule has 8 heteroatoms. The summed E-state index contributed by atoms with van der Waals surface area (Å²) in [5.74, 6) is -0.0810. The highest BCUT2D eigenvalue weighted by molar-refractivity contribution is 5.78. The molecule has 0 amide bonds. The molecule has 24 heavy (non-hydrogen) atoms. The number of methoxy groups -OCH3 is 1. The molecule has 1 aliphatic heterocycles. The molecule has 1 unspecified atom stereocenters. The second kappa shape index (κ2) is 5.88. The monoisotopic (exact) mass is 331 g/mol. The molecular weight excluding hydrogens is 314 g/mol. The Kier molecular flexibility index (Phi) is 3.88. The van der Waals surface area contributed by atoms with Crippen LogP contribution in [-0.4, -0.2) is 33.0 Å². The fourth-order valence-corrected chi connectivity index (χ4v) is 2.84. The number of nitrogens with zero attached hydrogens (tertiary/aromatic N) is 3. The first-order valence-electron chi connectivity index (χ1n) is 7.50. The largest absolute Gasteiger partial charge is 0.496 e. The third-order valence-corrected chi connectivity index (χ3v) is 4.22. The van der Waals surface area contributed by atoms with E-state index in [-0.39, 0.29) is 34.7 Å². The molecule has 8 nitrogen and oxygen atoms in total. The predicted molar refractivity (Wildman–Crippen MR) is 87.9 cm³/mol. The lowest BCUT2D eigenvalue weighted by Crippen LogP contribution is -2.07. The molecule has 2 N–H and O–H groups in total. The molecule has 0 bridgehead atoms. The van der Waals surface area contributed by atoms with Crippen LogP contribution in [0.25, 0.3) is 5.69 Å². The molecule has 2 aromatic rings. The van der Waals surface area contributed by atoms with E-state index in [0.29, 0.717) is 17.7 Å². The van der Waals surface area contributed by atoms with Crippen molar-refractivity contribution in [1.82, 2.24) is 4.57 Å². The summed E-state index contributed by atoms with van der Waals surface area (Å²) in [7, 11) is 1.40. The van der Waals surface area contributed by atoms with Gasteiger partial charge in [0.05, 0.1) is 18.1 Å². The van der Waals surface area contributed by atoms with Gasteiger partial charge in [-0.2, -0.15) is 0 Å². The number of nitro benzene ring substituents is 1. The van der Waals surface area contributed by atoms with Crippen molar-refractivity contribution < 1.29 is 19.9 Å². The van der Waals surface area contributed by atoms with Crippen LogP contribution in [0.3, 0.4) is 0 Å². The molecule has 0 spiro atoms. The van der Waals surface area contributed by atoms with Gasteiger partial charge in [-0.25, -0.2) is 4.57 Å². The summed E-state index contributed by atoms with van der Waals surface area (Å²) in [4.78, 5) is 15.0. The maximum atomic E-state index is 11.4. The van der Waals surface area contributed by atoms with Crippen LogP contribution in [0.2, 0.25) is 0 Å². The number of aromatic hydroxyl groups is 2. The number of rotatable bonds is 4. The van der Waals surface area contributed by atoms with Gasteiger partial charge in [0, 0.05) is 11.8 Å². The first kappa shape index (κ1) is 15.9. The minimum Gasteiger partial charge on any atom is -0.496 e. The van der Waals surface area contributed by atoms with Crippen LogP contribution >= 0.6 is 0 Å². The van der Waals surface area contributed by atoms with Gasteiger partial charge in [0.1, 0.15) is 17.1 Å². The van der Waals surface area contributed by atoms with Crippen molar-refractivity contribution in [3.63, 3.8) is 0 Å². The standard InChI is InChI=1S/C16H17N3O5/c1-3-9-6-11-14(17-8-9)16(21)18(15(11)20)12-5-4-10(24-2)7-13(12)19(22)23/h4-5,7-9,20-21H,3,6H2,1-2H3. The average Bonchev–Trinajstić information content (AvgIpc) is 2.84. The lowest BCUT2D eigenvalue weighted by atomic mass is 9.96. The Morgan fingerprint density at radius 3 is 2.79 bits per heavy atom. The van der Waals surface area contributed by atoms with Gasteiger partial charge in [0.2, 0.25) is 11.8 Å². The summed E-state index contributed by atoms with van der Waals surface area (Å²) in [6, 6.07) is 4.19. The topological polar surface area (TPSA) is 110 Å². The van der Waals surface area contributed by atoms with Gasteiger partial charge in [-0.15, -0.1) is 0 Å². The van der Waals surface area contributed by atoms with Crippen molar-refractivity contribution in [2.75, 3.05) is 7.11 Å². The number of benzene rings is 1. The first-order valence-corrected chi connectivity index (χ1v) is 7.50. The summed E-state index contributed by atoms with van der Waals surface area (Å²) in [5, 5.41) is 32.3. The average molecular weight is 331 g/mol. The molecule has 1 aromatic heterocycles. The molecule has 0 aliphatic carbocycles. The van der Waals surface area contributed by atoms with Crippen LogP contribution in [0.1, 0.15) is 18.9 Å². The van der Waals surface area contributed by atoms with E-state index in [9.17, 15) is 20.3 Å². The number of aliphatic imine (C=N–C) groups is 1. The Hall–Kier alpha value is -3.03. The van der Waals surface area contributed by atoms with E-state index in [2.05, 4.69) is 4.99 Å². The predicted octanol–water partition coefficient (Wildman–Crippen LogP) is 3.09. The van der Waals surface area contributed by atoms with Crippen LogP contribution < -0.4 is 4.74 Å². The van der Waals surface area contributed by atoms with Crippen LogP contribution in [0.5, 0.6) is 17.5 Å². The van der Waals surface area contributed by atoms with Crippen molar-refractivity contribution in [3.8, 4) is 23.2 Å². The highest BCUT2D eigenvalue weighted by atomic mass is 16.6. The van der Waals surface area contributed by atoms with E-state index in [1.807, 2.05) is 6.92 Å². The van der Waals surface area contributed by atoms with Gasteiger partial charge < -0.3 is 14.9 Å². The Bertz CT molecular complexity index is 841. The first-order chi connectivity index (χ1) is 11.5. The third-order valence-electron chi connectivity index (χ3n) is 4.22. The maximum Gasteiger partial charge on any atom is 0.297 e. The number of hydrogen-bond acceptors (Lipinski definition) is 6. The summed E-state index contributed by atoms with van der Waals surface area (Å²) >= 11 is 0. The summed E-state index contributed by atoms with van der Waals surface area (Å²) in [5.41, 5.74) is 0.506. The zero-order valence-corrected chi connectivity index (χ0v) is 13.3. The van der Waals surface area contributed by atoms with E-state index in [0.717, 1.165) is 11.0 Å². The zero-order chi connectivity index (χ0) is 17.4. The number of fused-ring (bicyclic) bond motifs is 1. The van der Waals surface area contributed by atoms with Gasteiger partial charge in [-0.1, -0.05) is 6.92 Å². The smallest absolute Gasteiger partial charge is 0.297 e. The molecule has 126 valence electrons. The van der Waals surface area contributed by atoms with Crippen molar-refractivity contribution >= 4 is 17.6 Å². The molecule has 0 radical (unpaired) electrons. The van der Waals surface area contributed by atoms with Gasteiger partial charge >= 0.3 is 0 Å². The molecule has 1 atom stereocenters. The maximum absolute atomic E-state index is 11.4. The van der Waals surface area contributed by atoms with Crippen LogP contribution in [0, 0.1) is 16.0 Å². The van der Waals surface area contributed by atoms with Crippen molar-refractivity contribution in [2.45, 2.75) is 19.8 Å². The number of nitro groups is 1. The lowest BCUT2D eigenvalue weighted by Gasteiger charge is -2.13. The summed E-state index contributed by atoms with van der Waals surface area (Å²) in [6.07, 6.45) is 3.09. The van der Waals surface area contributed by atoms with E-state index in [1.54, 1.807) is 6.21 Å². The normalized spacial score (nSPS) is 16.0. The molecule has 2 heterocycles. The SMILES string of the molecule is CCC1C=Nc2c(c(O)n(-c3ccc(OC)cc3[N+](=O)[O-])c2O)C1. The minimum atomic E-state index is -0.589. The molecule has 0 fully saturated rings. The number of aromatic nitrogens is 1. The Labute approximate surface area is 137 Å². The van der Waals surface area contributed by atoms with E-state index in [4.69, 9.17) is 4.74 Å². The van der Waals surface area contributed by atoms with Crippen LogP contribution in [-0.2, 0) is 6.42 Å². The van der Waals surface area contributed by atoms with Crippen molar-refractivity contribution in [2.24, 2.45) is 10.9 Å². The van der Waals surface area contributed by atoms with E-state index in [1.165, 1.54) is 25.3 Å². The number of hydrogen-bond donors (Lipinski definition) is 2. The third kappa shape index (κ3) is 2.36. The molecule has 1 aliphatic rings. The fourth-order valence-electron chi connectivity index (χ4n) is 2.84. The minimum absolute atomic E-state index is 0.0495. The molecule has 0 saturated carbocycles. The fraction of sp³-hybridized carbons (Fsp3) is 0.312. The summed E-state index contributed by atoms with van der Waals surface area (Å²) in [6.45, 7) is 2.00. The Morgan fingerprint density at radius 2 is 2.17 bits per heavy atom. The van der Waals surface area contributed by atoms with Crippen LogP contribution in [0.4, 0.5) is 11.4 Å². The number of ether oxygens (including phenoxy) is 1. The van der Waals surface area contributed by atoms with Gasteiger partial charge in [0.15, 0.2) is 0 Å². The Morgan fingerprint density at radius 1 is 1.42 bits per heavy atom.